The molecule has 334 valence electrons. The quantitative estimate of drug-likeness (QED) is 0.110. The summed E-state index contributed by atoms with van der Waals surface area (Å²) in [6.45, 7) is 4.95. The number of rotatable bonds is 12. The van der Waals surface area contributed by atoms with Crippen LogP contribution in [-0.2, 0) is 9.59 Å². The van der Waals surface area contributed by atoms with Gasteiger partial charge in [-0.2, -0.15) is 0 Å². The molecule has 0 spiro atoms. The van der Waals surface area contributed by atoms with Crippen LogP contribution in [0.5, 0.6) is 0 Å². The van der Waals surface area contributed by atoms with Crippen molar-refractivity contribution in [2.45, 2.75) is 88.4 Å². The number of carbonyl (C=O) groups excluding carboxylic acids is 2. The minimum Gasteiger partial charge on any atom is -0.476 e. The molecule has 12 nitrogen and oxygen atoms in total. The number of aromatic nitrogens is 4. The molecule has 4 atom stereocenters. The van der Waals surface area contributed by atoms with E-state index in [1.165, 1.54) is 12.8 Å². The molecular weight excluding hydrogens is 813 g/mol. The van der Waals surface area contributed by atoms with Crippen molar-refractivity contribution in [1.29, 1.82) is 0 Å². The lowest BCUT2D eigenvalue weighted by molar-refractivity contribution is -0.139. The van der Waals surface area contributed by atoms with Gasteiger partial charge in [-0.3, -0.25) is 19.4 Å². The van der Waals surface area contributed by atoms with Crippen LogP contribution in [0.25, 0.3) is 33.6 Å². The Kier molecular flexibility index (Phi) is 12.4. The number of benzene rings is 4. The summed E-state index contributed by atoms with van der Waals surface area (Å²) in [4.78, 5) is 66.6. The number of carboxylic acid groups (broad SMARTS) is 1. The second-order valence-corrected chi connectivity index (χ2v) is 18.2. The number of nitrogens with one attached hydrogen (secondary N) is 2. The fourth-order valence-corrected chi connectivity index (χ4v) is 10.8. The Labute approximate surface area is 380 Å². The highest BCUT2D eigenvalue weighted by atomic mass is 16.4. The topological polar surface area (TPSA) is 142 Å². The molecule has 4 aliphatic heterocycles. The van der Waals surface area contributed by atoms with E-state index in [0.29, 0.717) is 30.0 Å². The van der Waals surface area contributed by atoms with Crippen LogP contribution in [0.3, 0.4) is 0 Å². The number of H-pyrrole nitrogens is 2. The van der Waals surface area contributed by atoms with Gasteiger partial charge >= 0.3 is 5.97 Å². The summed E-state index contributed by atoms with van der Waals surface area (Å²) in [6, 6.07) is 35.3. The molecule has 3 N–H and O–H groups in total. The summed E-state index contributed by atoms with van der Waals surface area (Å²) < 4.78 is 0. The van der Waals surface area contributed by atoms with E-state index >= 15 is 0 Å². The number of likely N-dealkylation sites (tertiary alicyclic amines) is 4. The highest BCUT2D eigenvalue weighted by molar-refractivity contribution is 5.93. The molecule has 4 aromatic carbocycles. The molecule has 6 aromatic rings. The van der Waals surface area contributed by atoms with E-state index in [4.69, 9.17) is 4.98 Å². The number of carbonyl (C=O) groups is 3. The van der Waals surface area contributed by atoms with Crippen LogP contribution in [0.2, 0.25) is 0 Å². The third kappa shape index (κ3) is 8.77. The van der Waals surface area contributed by atoms with Crippen molar-refractivity contribution in [3.05, 3.63) is 144 Å². The van der Waals surface area contributed by atoms with E-state index in [2.05, 4.69) is 61.1 Å². The van der Waals surface area contributed by atoms with Gasteiger partial charge in [-0.25, -0.2) is 14.8 Å². The van der Waals surface area contributed by atoms with Gasteiger partial charge in [0, 0.05) is 18.7 Å². The Morgan fingerprint density at radius 3 is 1.48 bits per heavy atom. The first kappa shape index (κ1) is 42.6. The molecule has 2 amide bonds. The minimum atomic E-state index is -1.11. The number of piperidine rings is 2. The van der Waals surface area contributed by atoms with E-state index in [-0.39, 0.29) is 41.7 Å². The van der Waals surface area contributed by atoms with Crippen molar-refractivity contribution in [3.8, 4) is 33.6 Å². The van der Waals surface area contributed by atoms with Crippen LogP contribution in [0.4, 0.5) is 0 Å². The maximum absolute atomic E-state index is 14.5. The third-order valence-electron chi connectivity index (χ3n) is 14.1. The highest BCUT2D eigenvalue weighted by Gasteiger charge is 2.41. The van der Waals surface area contributed by atoms with Gasteiger partial charge in [0.2, 0.25) is 11.8 Å². The number of aromatic carboxylic acids is 1. The smallest absolute Gasteiger partial charge is 0.356 e. The van der Waals surface area contributed by atoms with E-state index in [1.54, 1.807) is 0 Å². The Bertz CT molecular complexity index is 2580. The average molecular weight is 871 g/mol. The van der Waals surface area contributed by atoms with Crippen LogP contribution >= 0.6 is 0 Å². The normalized spacial score (nSPS) is 20.5. The van der Waals surface area contributed by atoms with Gasteiger partial charge in [-0.1, -0.05) is 122 Å². The summed E-state index contributed by atoms with van der Waals surface area (Å²) in [5.74, 6) is 0.424. The third-order valence-corrected chi connectivity index (χ3v) is 14.1. The van der Waals surface area contributed by atoms with Crippen LogP contribution in [0, 0.1) is 0 Å². The highest BCUT2D eigenvalue weighted by Crippen LogP contribution is 2.39. The first-order valence-electron chi connectivity index (χ1n) is 23.7. The van der Waals surface area contributed by atoms with Gasteiger partial charge in [0.1, 0.15) is 23.7 Å². The molecule has 12 heteroatoms. The second-order valence-electron chi connectivity index (χ2n) is 18.2. The molecule has 6 heterocycles. The van der Waals surface area contributed by atoms with Crippen LogP contribution < -0.4 is 0 Å². The summed E-state index contributed by atoms with van der Waals surface area (Å²) in [5, 5.41) is 10.3. The molecule has 0 radical (unpaired) electrons. The summed E-state index contributed by atoms with van der Waals surface area (Å²) in [6.07, 6.45) is 12.0. The fraction of sp³-hybridized carbons (Fsp3) is 0.377. The van der Waals surface area contributed by atoms with E-state index in [1.807, 2.05) is 88.8 Å². The second kappa shape index (κ2) is 19.0. The average Bonchev–Trinajstić information content (AvgIpc) is 4.21. The monoisotopic (exact) mass is 870 g/mol. The maximum atomic E-state index is 14.5. The number of hydrogen-bond donors (Lipinski definition) is 3. The van der Waals surface area contributed by atoms with Crippen LogP contribution in [0.15, 0.2) is 115 Å². The number of aromatic amines is 2. The standard InChI is InChI=1S/C53H58N8O4/c62-51(47(40-15-5-1-6-16-40)58-29-9-3-10-30-58)60-33-13-19-43(60)49-54-35-42(55-49)38-25-21-36(22-26-38)37-23-27-39(28-24-37)45-46(53(64)65)57-50(56-45)44-20-14-34-61(44)52(63)48(41-17-7-2-8-18-41)59-31-11-4-12-32-59/h1-2,5-8,15-18,21-28,35,43-44,47-48H,3-4,9-14,19-20,29-34H2,(H,54,55)(H,56,57)(H,64,65)/t43-,44-,47+,48?/m0/s1. The van der Waals surface area contributed by atoms with E-state index in [9.17, 15) is 19.5 Å². The number of imidazole rings is 2. The predicted octanol–water partition coefficient (Wildman–Crippen LogP) is 9.61. The van der Waals surface area contributed by atoms with Gasteiger partial charge in [0.25, 0.3) is 0 Å². The molecule has 4 saturated heterocycles. The van der Waals surface area contributed by atoms with E-state index < -0.39 is 5.97 Å². The predicted molar refractivity (Wildman–Crippen MR) is 251 cm³/mol. The molecular formula is C53H58N8O4. The van der Waals surface area contributed by atoms with Crippen molar-refractivity contribution >= 4 is 17.8 Å². The van der Waals surface area contributed by atoms with Crippen LogP contribution in [-0.4, -0.2) is 102 Å². The number of carboxylic acids is 1. The largest absolute Gasteiger partial charge is 0.476 e. The molecule has 10 rings (SSSR count). The Morgan fingerprint density at radius 1 is 0.523 bits per heavy atom. The molecule has 0 aliphatic carbocycles. The number of amides is 2. The summed E-state index contributed by atoms with van der Waals surface area (Å²) in [5.41, 5.74) is 7.05. The van der Waals surface area contributed by atoms with Crippen LogP contribution in [0.1, 0.15) is 122 Å². The SMILES string of the molecule is O=C(O)c1nc([C@@H]2CCCN2C(=O)C(c2ccccc2)N2CCCCC2)[nH]c1-c1ccc(-c2ccc(-c3cnc([C@@H]4CCCN4C(=O)[C@@H](c4ccccc4)N4CCCCC4)[nH]3)cc2)cc1. The lowest BCUT2D eigenvalue weighted by Crippen LogP contribution is -2.44. The molecule has 4 aliphatic rings. The number of nitrogens with zero attached hydrogens (tertiary/aromatic N) is 6. The molecule has 65 heavy (non-hydrogen) atoms. The minimum absolute atomic E-state index is 0.0472. The molecule has 4 fully saturated rings. The fourth-order valence-electron chi connectivity index (χ4n) is 10.8. The van der Waals surface area contributed by atoms with Gasteiger partial charge in [-0.05, 0) is 105 Å². The first-order valence-corrected chi connectivity index (χ1v) is 23.7. The zero-order valence-electron chi connectivity index (χ0n) is 36.9. The van der Waals surface area contributed by atoms with Gasteiger partial charge in [0.05, 0.1) is 29.7 Å². The van der Waals surface area contributed by atoms with Gasteiger partial charge in [0.15, 0.2) is 5.69 Å². The Balaban J connectivity index is 0.838. The van der Waals surface area contributed by atoms with Crippen molar-refractivity contribution in [1.82, 2.24) is 39.5 Å². The van der Waals surface area contributed by atoms with Gasteiger partial charge < -0.3 is 24.9 Å². The Hall–Kier alpha value is -6.37. The lowest BCUT2D eigenvalue weighted by atomic mass is 10.00. The molecule has 0 bridgehead atoms. The van der Waals surface area contributed by atoms with Crippen molar-refractivity contribution in [2.24, 2.45) is 0 Å². The molecule has 0 saturated carbocycles. The van der Waals surface area contributed by atoms with Crippen molar-refractivity contribution in [2.75, 3.05) is 39.3 Å². The molecule has 1 unspecified atom stereocenters. The van der Waals surface area contributed by atoms with Crippen molar-refractivity contribution < 1.29 is 19.5 Å². The zero-order chi connectivity index (χ0) is 44.3. The van der Waals surface area contributed by atoms with E-state index in [0.717, 1.165) is 117 Å². The Morgan fingerprint density at radius 2 is 0.985 bits per heavy atom. The number of hydrogen-bond acceptors (Lipinski definition) is 7. The zero-order valence-corrected chi connectivity index (χ0v) is 36.9. The first-order chi connectivity index (χ1) is 31.9. The molecule has 2 aromatic heterocycles. The van der Waals surface area contributed by atoms with Crippen molar-refractivity contribution in [3.63, 3.8) is 0 Å². The maximum Gasteiger partial charge on any atom is 0.356 e. The van der Waals surface area contributed by atoms with Gasteiger partial charge in [-0.15, -0.1) is 0 Å². The lowest BCUT2D eigenvalue weighted by Gasteiger charge is -2.37. The summed E-state index contributed by atoms with van der Waals surface area (Å²) >= 11 is 0. The summed E-state index contributed by atoms with van der Waals surface area (Å²) in [7, 11) is 0.